The first-order chi connectivity index (χ1) is 5.54. The predicted molar refractivity (Wildman–Crippen MR) is 56.9 cm³/mol. The molecule has 6 nitrogen and oxygen atoms in total. The Morgan fingerprint density at radius 2 is 1.93 bits per heavy atom. The lowest BCUT2D eigenvalue weighted by Gasteiger charge is -2.04. The summed E-state index contributed by atoms with van der Waals surface area (Å²) in [5.74, 6) is -0.836. The van der Waals surface area contributed by atoms with Crippen molar-refractivity contribution in [3.05, 3.63) is 0 Å². The fourth-order valence-corrected chi connectivity index (χ4v) is 0.803. The van der Waals surface area contributed by atoms with Crippen molar-refractivity contribution in [2.24, 2.45) is 11.5 Å². The second-order valence-corrected chi connectivity index (χ2v) is 2.72. The van der Waals surface area contributed by atoms with Crippen LogP contribution in [0.3, 0.4) is 0 Å². The van der Waals surface area contributed by atoms with Gasteiger partial charge in [-0.1, -0.05) is 6.42 Å². The van der Waals surface area contributed by atoms with Crippen molar-refractivity contribution in [3.63, 3.8) is 0 Å². The summed E-state index contributed by atoms with van der Waals surface area (Å²) >= 11 is 0. The summed E-state index contributed by atoms with van der Waals surface area (Å²) < 4.78 is 0. The van der Waals surface area contributed by atoms with E-state index in [0.717, 1.165) is 6.42 Å². The monoisotopic (exact) mass is 227 g/mol. The summed E-state index contributed by atoms with van der Waals surface area (Å²) in [6, 6.07) is -0.781. The number of nitrogens with one attached hydrogen (secondary N) is 1. The third-order valence-corrected chi connectivity index (χ3v) is 1.53. The van der Waals surface area contributed by atoms with Crippen LogP contribution in [-0.4, -0.2) is 28.4 Å². The van der Waals surface area contributed by atoms with Gasteiger partial charge in [-0.2, -0.15) is 0 Å². The minimum Gasteiger partial charge on any atom is -0.480 e. The Labute approximate surface area is 88.9 Å². The third-order valence-electron chi connectivity index (χ3n) is 1.53. The first-order valence-electron chi connectivity index (χ1n) is 3.85. The Hall–Kier alpha value is -0.850. The molecule has 0 aliphatic carbocycles. The van der Waals surface area contributed by atoms with Crippen LogP contribution in [0.4, 0.5) is 0 Å². The third kappa shape index (κ3) is 11.2. The summed E-state index contributed by atoms with van der Waals surface area (Å²) in [5, 5.41) is 15.3. The van der Waals surface area contributed by atoms with Gasteiger partial charge in [-0.25, -0.2) is 0 Å². The van der Waals surface area contributed by atoms with Crippen molar-refractivity contribution in [1.82, 2.24) is 0 Å². The van der Waals surface area contributed by atoms with E-state index in [2.05, 4.69) is 0 Å². The highest BCUT2D eigenvalue weighted by Crippen LogP contribution is 2.01. The summed E-state index contributed by atoms with van der Waals surface area (Å²) in [4.78, 5) is 10.2. The summed E-state index contributed by atoms with van der Waals surface area (Å²) in [5.41, 5.74) is 10.4. The average molecular weight is 228 g/mol. The molecule has 0 aliphatic rings. The number of carbonyl (C=O) groups is 1. The van der Waals surface area contributed by atoms with E-state index < -0.39 is 12.0 Å². The molecule has 0 aromatic rings. The molecule has 0 fully saturated rings. The normalized spacial score (nSPS) is 10.6. The highest BCUT2D eigenvalue weighted by Gasteiger charge is 2.09. The maximum atomic E-state index is 10.2. The summed E-state index contributed by atoms with van der Waals surface area (Å²) in [7, 11) is 0. The number of nitrogens with two attached hydrogens (primary N) is 2. The van der Waals surface area contributed by atoms with Gasteiger partial charge in [-0.3, -0.25) is 10.2 Å². The molecule has 8 N–H and O–H groups in total. The molecule has 0 aromatic heterocycles. The molecule has 0 bridgehead atoms. The molecule has 0 aliphatic heterocycles. The number of aliphatic carboxylic acids is 1. The largest absolute Gasteiger partial charge is 0.480 e. The standard InChI is InChI=1S/C7H15N3O2.ClH.H2O/c8-5(7(11)12)3-1-2-4-6(9)10;;/h5H,1-4,8H2,(H3,9,10)(H,11,12);1H;1H2/t5-;;/m0../s1. The predicted octanol–water partition coefficient (Wildman–Crippen LogP) is -0.508. The van der Waals surface area contributed by atoms with E-state index in [1.54, 1.807) is 0 Å². The van der Waals surface area contributed by atoms with Gasteiger partial charge >= 0.3 is 5.97 Å². The molecule has 0 amide bonds. The van der Waals surface area contributed by atoms with Crippen molar-refractivity contribution in [1.29, 1.82) is 5.41 Å². The van der Waals surface area contributed by atoms with Gasteiger partial charge in [0.25, 0.3) is 0 Å². The molecule has 0 saturated carbocycles. The van der Waals surface area contributed by atoms with Gasteiger partial charge in [-0.15, -0.1) is 12.4 Å². The first-order valence-corrected chi connectivity index (χ1v) is 3.85. The maximum absolute atomic E-state index is 10.2. The molecule has 0 unspecified atom stereocenters. The Kier molecular flexibility index (Phi) is 13.8. The van der Waals surface area contributed by atoms with E-state index in [0.29, 0.717) is 19.3 Å². The fourth-order valence-electron chi connectivity index (χ4n) is 0.803. The van der Waals surface area contributed by atoms with E-state index in [1.807, 2.05) is 0 Å². The molecule has 0 aromatic carbocycles. The zero-order chi connectivity index (χ0) is 9.56. The van der Waals surface area contributed by atoms with Gasteiger partial charge < -0.3 is 22.1 Å². The molecule has 0 saturated heterocycles. The number of carboxylic acids is 1. The van der Waals surface area contributed by atoms with E-state index in [-0.39, 0.29) is 23.7 Å². The van der Waals surface area contributed by atoms with Crippen molar-refractivity contribution in [2.45, 2.75) is 31.7 Å². The number of unbranched alkanes of at least 4 members (excludes halogenated alkanes) is 1. The van der Waals surface area contributed by atoms with Crippen LogP contribution in [0, 0.1) is 5.41 Å². The Balaban J connectivity index is -0.000000605. The topological polar surface area (TPSA) is 145 Å². The van der Waals surface area contributed by atoms with Gasteiger partial charge in [-0.05, 0) is 12.8 Å². The maximum Gasteiger partial charge on any atom is 0.320 e. The van der Waals surface area contributed by atoms with Crippen LogP contribution in [0.2, 0.25) is 0 Å². The molecule has 1 atom stereocenters. The van der Waals surface area contributed by atoms with Crippen LogP contribution in [0.25, 0.3) is 0 Å². The molecular formula is C7H18ClN3O3. The van der Waals surface area contributed by atoms with Crippen LogP contribution < -0.4 is 11.5 Å². The molecule has 0 rings (SSSR count). The SMILES string of the molecule is Cl.N=C(N)CCCC[C@H](N)C(=O)O.O. The second kappa shape index (κ2) is 10.2. The van der Waals surface area contributed by atoms with Crippen molar-refractivity contribution in [2.75, 3.05) is 0 Å². The second-order valence-electron chi connectivity index (χ2n) is 2.72. The lowest BCUT2D eigenvalue weighted by Crippen LogP contribution is -2.29. The quantitative estimate of drug-likeness (QED) is 0.275. The van der Waals surface area contributed by atoms with E-state index in [4.69, 9.17) is 22.0 Å². The van der Waals surface area contributed by atoms with Crippen LogP contribution in [0.15, 0.2) is 0 Å². The number of carboxylic acid groups (broad SMARTS) is 1. The van der Waals surface area contributed by atoms with Crippen LogP contribution in [-0.2, 0) is 4.79 Å². The van der Waals surface area contributed by atoms with Crippen LogP contribution >= 0.6 is 12.4 Å². The Morgan fingerprint density at radius 1 is 1.43 bits per heavy atom. The van der Waals surface area contributed by atoms with E-state index >= 15 is 0 Å². The number of hydrogen-bond acceptors (Lipinski definition) is 3. The van der Waals surface area contributed by atoms with Crippen molar-refractivity contribution < 1.29 is 15.4 Å². The zero-order valence-electron chi connectivity index (χ0n) is 7.82. The van der Waals surface area contributed by atoms with E-state index in [1.165, 1.54) is 0 Å². The van der Waals surface area contributed by atoms with Crippen molar-refractivity contribution in [3.8, 4) is 0 Å². The van der Waals surface area contributed by atoms with Gasteiger partial charge in [0.2, 0.25) is 0 Å². The van der Waals surface area contributed by atoms with Crippen LogP contribution in [0.1, 0.15) is 25.7 Å². The van der Waals surface area contributed by atoms with Crippen LogP contribution in [0.5, 0.6) is 0 Å². The van der Waals surface area contributed by atoms with Gasteiger partial charge in [0, 0.05) is 6.42 Å². The number of rotatable bonds is 6. The van der Waals surface area contributed by atoms with Gasteiger partial charge in [0.1, 0.15) is 6.04 Å². The average Bonchev–Trinajstić information content (AvgIpc) is 1.97. The smallest absolute Gasteiger partial charge is 0.320 e. The zero-order valence-corrected chi connectivity index (χ0v) is 8.64. The van der Waals surface area contributed by atoms with Gasteiger partial charge in [0.05, 0.1) is 5.84 Å². The molecule has 86 valence electrons. The molecule has 0 heterocycles. The molecule has 14 heavy (non-hydrogen) atoms. The minimum atomic E-state index is -0.974. The highest BCUT2D eigenvalue weighted by atomic mass is 35.5. The molecule has 0 spiro atoms. The Morgan fingerprint density at radius 3 is 2.29 bits per heavy atom. The van der Waals surface area contributed by atoms with Gasteiger partial charge in [0.15, 0.2) is 0 Å². The number of amidine groups is 1. The lowest BCUT2D eigenvalue weighted by atomic mass is 10.1. The highest BCUT2D eigenvalue weighted by molar-refractivity contribution is 5.85. The van der Waals surface area contributed by atoms with E-state index in [9.17, 15) is 4.79 Å². The summed E-state index contributed by atoms with van der Waals surface area (Å²) in [6.45, 7) is 0. The first kappa shape index (κ1) is 18.8. The Bertz CT molecular complexity index is 178. The molecule has 0 radical (unpaired) electrons. The minimum absolute atomic E-state index is 0. The fraction of sp³-hybridized carbons (Fsp3) is 0.714. The van der Waals surface area contributed by atoms with Crippen molar-refractivity contribution >= 4 is 24.2 Å². The molecule has 7 heteroatoms. The molecular weight excluding hydrogens is 210 g/mol. The summed E-state index contributed by atoms with van der Waals surface area (Å²) in [6.07, 6.45) is 2.40. The number of halogens is 1. The lowest BCUT2D eigenvalue weighted by molar-refractivity contribution is -0.138. The number of hydrogen-bond donors (Lipinski definition) is 4.